The molecule has 116 valence electrons. The fourth-order valence-electron chi connectivity index (χ4n) is 2.52. The maximum atomic E-state index is 4.42. The molecule has 1 atom stereocenters. The zero-order valence-electron chi connectivity index (χ0n) is 13.4. The molecule has 1 N–H and O–H groups in total. The summed E-state index contributed by atoms with van der Waals surface area (Å²) in [5.41, 5.74) is 0. The molecule has 0 spiro atoms. The number of nitrogens with one attached hydrogen (secondary N) is 1. The van der Waals surface area contributed by atoms with Gasteiger partial charge >= 0.3 is 0 Å². The number of hydrogen-bond donors (Lipinski definition) is 1. The summed E-state index contributed by atoms with van der Waals surface area (Å²) in [5.74, 6) is 3.67. The van der Waals surface area contributed by atoms with Crippen molar-refractivity contribution in [3.05, 3.63) is 30.3 Å². The Balaban J connectivity index is 1.77. The van der Waals surface area contributed by atoms with E-state index in [1.54, 1.807) is 0 Å². The molecule has 0 radical (unpaired) electrons. The third kappa shape index (κ3) is 5.27. The lowest BCUT2D eigenvalue weighted by atomic mass is 10.2. The molecule has 0 bridgehead atoms. The maximum Gasteiger partial charge on any atom is 0.193 e. The second-order valence-electron chi connectivity index (χ2n) is 6.05. The first-order valence-electron chi connectivity index (χ1n) is 7.82. The van der Waals surface area contributed by atoms with Crippen LogP contribution in [-0.4, -0.2) is 43.3 Å². The Kier molecular flexibility index (Phi) is 6.43. The Hall–Kier alpha value is -1.16. The van der Waals surface area contributed by atoms with Gasteiger partial charge in [0.05, 0.1) is 0 Å². The first-order valence-corrected chi connectivity index (χ1v) is 8.81. The lowest BCUT2D eigenvalue weighted by molar-refractivity contribution is 0.466. The van der Waals surface area contributed by atoms with Crippen molar-refractivity contribution in [1.82, 2.24) is 10.2 Å². The smallest absolute Gasteiger partial charge is 0.193 e. The van der Waals surface area contributed by atoms with Crippen molar-refractivity contribution in [3.8, 4) is 0 Å². The lowest BCUT2D eigenvalue weighted by Gasteiger charge is -2.22. The quantitative estimate of drug-likeness (QED) is 0.514. The van der Waals surface area contributed by atoms with Crippen molar-refractivity contribution in [2.24, 2.45) is 16.8 Å². The van der Waals surface area contributed by atoms with Gasteiger partial charge in [-0.2, -0.15) is 0 Å². The van der Waals surface area contributed by atoms with Gasteiger partial charge in [-0.3, -0.25) is 4.99 Å². The SMILES string of the molecule is CN=C(NCC(C)C)N1CCC(CSc2ccccc2)C1. The van der Waals surface area contributed by atoms with E-state index in [1.807, 2.05) is 18.8 Å². The van der Waals surface area contributed by atoms with Crippen LogP contribution in [0.1, 0.15) is 20.3 Å². The zero-order valence-corrected chi connectivity index (χ0v) is 14.2. The molecule has 1 heterocycles. The predicted octanol–water partition coefficient (Wildman–Crippen LogP) is 3.33. The Morgan fingerprint density at radius 1 is 1.38 bits per heavy atom. The van der Waals surface area contributed by atoms with E-state index < -0.39 is 0 Å². The summed E-state index contributed by atoms with van der Waals surface area (Å²) >= 11 is 1.97. The number of hydrogen-bond acceptors (Lipinski definition) is 2. The summed E-state index contributed by atoms with van der Waals surface area (Å²) < 4.78 is 0. The molecule has 2 rings (SSSR count). The molecule has 3 nitrogen and oxygen atoms in total. The van der Waals surface area contributed by atoms with Crippen LogP contribution in [0.5, 0.6) is 0 Å². The Bertz CT molecular complexity index is 445. The van der Waals surface area contributed by atoms with E-state index in [0.29, 0.717) is 5.92 Å². The van der Waals surface area contributed by atoms with Crippen LogP contribution in [0.4, 0.5) is 0 Å². The minimum absolute atomic E-state index is 0.647. The summed E-state index contributed by atoms with van der Waals surface area (Å²) in [4.78, 5) is 8.19. The predicted molar refractivity (Wildman–Crippen MR) is 93.0 cm³/mol. The number of nitrogens with zero attached hydrogens (tertiary/aromatic N) is 2. The Morgan fingerprint density at radius 3 is 2.81 bits per heavy atom. The second-order valence-corrected chi connectivity index (χ2v) is 7.14. The molecule has 4 heteroatoms. The zero-order chi connectivity index (χ0) is 15.1. The van der Waals surface area contributed by atoms with E-state index in [-0.39, 0.29) is 0 Å². The lowest BCUT2D eigenvalue weighted by Crippen LogP contribution is -2.41. The van der Waals surface area contributed by atoms with Crippen LogP contribution in [0.25, 0.3) is 0 Å². The molecule has 1 fully saturated rings. The average molecular weight is 305 g/mol. The molecule has 0 aromatic heterocycles. The number of thioether (sulfide) groups is 1. The van der Waals surface area contributed by atoms with Gasteiger partial charge in [-0.15, -0.1) is 11.8 Å². The topological polar surface area (TPSA) is 27.6 Å². The monoisotopic (exact) mass is 305 g/mol. The Labute approximate surface area is 133 Å². The van der Waals surface area contributed by atoms with E-state index in [4.69, 9.17) is 0 Å². The molecule has 1 aliphatic heterocycles. The van der Waals surface area contributed by atoms with E-state index in [2.05, 4.69) is 59.4 Å². The largest absolute Gasteiger partial charge is 0.356 e. The summed E-state index contributed by atoms with van der Waals surface area (Å²) in [7, 11) is 1.88. The molecule has 1 aromatic carbocycles. The van der Waals surface area contributed by atoms with Gasteiger partial charge in [0.1, 0.15) is 0 Å². The van der Waals surface area contributed by atoms with Gasteiger partial charge in [0, 0.05) is 37.3 Å². The highest BCUT2D eigenvalue weighted by atomic mass is 32.2. The van der Waals surface area contributed by atoms with Crippen LogP contribution in [0.3, 0.4) is 0 Å². The van der Waals surface area contributed by atoms with Crippen molar-refractivity contribution >= 4 is 17.7 Å². The van der Waals surface area contributed by atoms with Crippen molar-refractivity contribution in [2.75, 3.05) is 32.4 Å². The normalized spacial score (nSPS) is 19.3. The highest BCUT2D eigenvalue weighted by molar-refractivity contribution is 7.99. The van der Waals surface area contributed by atoms with Gasteiger partial charge in [0.25, 0.3) is 0 Å². The molecule has 0 aliphatic carbocycles. The molecule has 1 saturated heterocycles. The van der Waals surface area contributed by atoms with Gasteiger partial charge < -0.3 is 10.2 Å². The maximum absolute atomic E-state index is 4.42. The number of likely N-dealkylation sites (tertiary alicyclic amines) is 1. The van der Waals surface area contributed by atoms with E-state index in [0.717, 1.165) is 31.5 Å². The van der Waals surface area contributed by atoms with Crippen LogP contribution in [0.15, 0.2) is 40.2 Å². The van der Waals surface area contributed by atoms with Gasteiger partial charge in [-0.25, -0.2) is 0 Å². The number of guanidine groups is 1. The van der Waals surface area contributed by atoms with Gasteiger partial charge in [0.2, 0.25) is 0 Å². The van der Waals surface area contributed by atoms with E-state index in [9.17, 15) is 0 Å². The molecule has 1 aliphatic rings. The number of benzene rings is 1. The average Bonchev–Trinajstić information content (AvgIpc) is 2.95. The highest BCUT2D eigenvalue weighted by Crippen LogP contribution is 2.25. The van der Waals surface area contributed by atoms with Gasteiger partial charge in [-0.05, 0) is 30.4 Å². The van der Waals surface area contributed by atoms with Gasteiger partial charge in [-0.1, -0.05) is 32.0 Å². The van der Waals surface area contributed by atoms with Crippen molar-refractivity contribution in [1.29, 1.82) is 0 Å². The molecule has 21 heavy (non-hydrogen) atoms. The van der Waals surface area contributed by atoms with Crippen molar-refractivity contribution in [3.63, 3.8) is 0 Å². The molecule has 0 amide bonds. The standard InChI is InChI=1S/C17H27N3S/c1-14(2)11-19-17(18-3)20-10-9-15(12-20)13-21-16-7-5-4-6-8-16/h4-8,14-15H,9-13H2,1-3H3,(H,18,19). The molecule has 1 aromatic rings. The van der Waals surface area contributed by atoms with E-state index in [1.165, 1.54) is 17.1 Å². The number of rotatable bonds is 5. The molecular formula is C17H27N3S. The van der Waals surface area contributed by atoms with Crippen LogP contribution in [0, 0.1) is 11.8 Å². The fraction of sp³-hybridized carbons (Fsp3) is 0.588. The van der Waals surface area contributed by atoms with E-state index >= 15 is 0 Å². The first kappa shape index (κ1) is 16.2. The van der Waals surface area contributed by atoms with Gasteiger partial charge in [0.15, 0.2) is 5.96 Å². The first-order chi connectivity index (χ1) is 10.2. The summed E-state index contributed by atoms with van der Waals surface area (Å²) in [6.07, 6.45) is 1.27. The minimum Gasteiger partial charge on any atom is -0.356 e. The fourth-order valence-corrected chi connectivity index (χ4v) is 3.57. The molecule has 0 saturated carbocycles. The second kappa shape index (κ2) is 8.32. The highest BCUT2D eigenvalue weighted by Gasteiger charge is 2.24. The third-order valence-electron chi connectivity index (χ3n) is 3.69. The molecular weight excluding hydrogens is 278 g/mol. The summed E-state index contributed by atoms with van der Waals surface area (Å²) in [6.45, 7) is 7.69. The Morgan fingerprint density at radius 2 is 2.14 bits per heavy atom. The van der Waals surface area contributed by atoms with Crippen LogP contribution < -0.4 is 5.32 Å². The minimum atomic E-state index is 0.647. The van der Waals surface area contributed by atoms with Crippen LogP contribution >= 0.6 is 11.8 Å². The van der Waals surface area contributed by atoms with Crippen molar-refractivity contribution < 1.29 is 0 Å². The van der Waals surface area contributed by atoms with Crippen LogP contribution in [0.2, 0.25) is 0 Å². The summed E-state index contributed by atoms with van der Waals surface area (Å²) in [6, 6.07) is 10.7. The van der Waals surface area contributed by atoms with Crippen molar-refractivity contribution in [2.45, 2.75) is 25.2 Å². The molecule has 1 unspecified atom stereocenters. The number of aliphatic imine (C=N–C) groups is 1. The van der Waals surface area contributed by atoms with Crippen LogP contribution in [-0.2, 0) is 0 Å². The third-order valence-corrected chi connectivity index (χ3v) is 4.94. The summed E-state index contributed by atoms with van der Waals surface area (Å²) in [5, 5.41) is 3.47.